The molecule has 0 aromatic heterocycles. The van der Waals surface area contributed by atoms with Gasteiger partial charge in [-0.05, 0) is 29.8 Å². The molecular formula is C20H20ClNO5. The molecule has 1 amide bonds. The largest absolute Gasteiger partial charge is 0.486 e. The topological polar surface area (TPSA) is 66.0 Å². The van der Waals surface area contributed by atoms with E-state index < -0.39 is 0 Å². The summed E-state index contributed by atoms with van der Waals surface area (Å²) in [4.78, 5) is 12.6. The third kappa shape index (κ3) is 3.49. The number of carbonyl (C=O) groups excluding carboxylic acids is 1. The van der Waals surface area contributed by atoms with Crippen LogP contribution in [-0.4, -0.2) is 32.5 Å². The Morgan fingerprint density at radius 3 is 2.67 bits per heavy atom. The van der Waals surface area contributed by atoms with Crippen LogP contribution in [0.25, 0.3) is 0 Å². The van der Waals surface area contributed by atoms with Crippen LogP contribution in [0.4, 0.5) is 0 Å². The molecule has 4 rings (SSSR count). The summed E-state index contributed by atoms with van der Waals surface area (Å²) in [5.41, 5.74) is 1.19. The first-order valence-corrected chi connectivity index (χ1v) is 9.09. The third-order valence-electron chi connectivity index (χ3n) is 4.70. The van der Waals surface area contributed by atoms with Gasteiger partial charge in [-0.1, -0.05) is 31.5 Å². The van der Waals surface area contributed by atoms with E-state index >= 15 is 0 Å². The van der Waals surface area contributed by atoms with Gasteiger partial charge in [0.15, 0.2) is 23.0 Å². The number of benzene rings is 2. The van der Waals surface area contributed by atoms with E-state index in [1.165, 1.54) is 0 Å². The maximum Gasteiger partial charge on any atom is 0.251 e. The van der Waals surface area contributed by atoms with E-state index in [9.17, 15) is 4.79 Å². The zero-order valence-corrected chi connectivity index (χ0v) is 15.9. The van der Waals surface area contributed by atoms with Crippen LogP contribution in [0.5, 0.6) is 23.0 Å². The molecule has 0 fully saturated rings. The van der Waals surface area contributed by atoms with Crippen LogP contribution < -0.4 is 24.3 Å². The monoisotopic (exact) mass is 389 g/mol. The number of hydrogen-bond acceptors (Lipinski definition) is 5. The van der Waals surface area contributed by atoms with Crippen molar-refractivity contribution in [3.63, 3.8) is 0 Å². The van der Waals surface area contributed by atoms with Crippen molar-refractivity contribution in [3.05, 3.63) is 46.5 Å². The van der Waals surface area contributed by atoms with Crippen LogP contribution >= 0.6 is 11.6 Å². The van der Waals surface area contributed by atoms with Crippen LogP contribution in [0.3, 0.4) is 0 Å². The number of ether oxygens (including phenoxy) is 4. The highest BCUT2D eigenvalue weighted by atomic mass is 35.5. The number of rotatable bonds is 4. The van der Waals surface area contributed by atoms with E-state index in [0.29, 0.717) is 41.8 Å². The lowest BCUT2D eigenvalue weighted by Gasteiger charge is -2.26. The van der Waals surface area contributed by atoms with Gasteiger partial charge in [-0.25, -0.2) is 0 Å². The fourth-order valence-electron chi connectivity index (χ4n) is 3.06. The molecule has 0 aliphatic carbocycles. The molecule has 2 aromatic carbocycles. The van der Waals surface area contributed by atoms with E-state index in [-0.39, 0.29) is 18.1 Å². The summed E-state index contributed by atoms with van der Waals surface area (Å²) in [7, 11) is 0. The SMILES string of the molecule is CC(C)(CNC(=O)c1cc(Cl)c2c(c1)OCCO2)c1ccc2c(c1)OCO2. The Kier molecular flexibility index (Phi) is 4.52. The first-order chi connectivity index (χ1) is 12.9. The van der Waals surface area contributed by atoms with Gasteiger partial charge in [0.1, 0.15) is 13.2 Å². The Labute approximate surface area is 162 Å². The lowest BCUT2D eigenvalue weighted by Crippen LogP contribution is -2.36. The summed E-state index contributed by atoms with van der Waals surface area (Å²) in [5, 5.41) is 3.34. The van der Waals surface area contributed by atoms with Gasteiger partial charge in [-0.3, -0.25) is 4.79 Å². The maximum absolute atomic E-state index is 12.6. The van der Waals surface area contributed by atoms with Crippen LogP contribution in [0.15, 0.2) is 30.3 Å². The first-order valence-electron chi connectivity index (χ1n) is 8.71. The highest BCUT2D eigenvalue weighted by Crippen LogP contribution is 2.39. The summed E-state index contributed by atoms with van der Waals surface area (Å²) in [6.45, 7) is 5.68. The molecule has 7 heteroatoms. The Bertz CT molecular complexity index is 896. The second kappa shape index (κ2) is 6.85. The minimum Gasteiger partial charge on any atom is -0.486 e. The highest BCUT2D eigenvalue weighted by Gasteiger charge is 2.26. The van der Waals surface area contributed by atoms with Crippen LogP contribution in [0.1, 0.15) is 29.8 Å². The molecule has 27 heavy (non-hydrogen) atoms. The van der Waals surface area contributed by atoms with Crippen molar-refractivity contribution in [2.24, 2.45) is 0 Å². The second-order valence-corrected chi connectivity index (χ2v) is 7.52. The Morgan fingerprint density at radius 1 is 1.04 bits per heavy atom. The molecule has 0 unspecified atom stereocenters. The molecule has 0 bridgehead atoms. The lowest BCUT2D eigenvalue weighted by molar-refractivity contribution is 0.0944. The molecule has 2 aromatic rings. The van der Waals surface area contributed by atoms with E-state index in [1.807, 2.05) is 18.2 Å². The molecule has 0 radical (unpaired) electrons. The molecule has 0 spiro atoms. The number of carbonyl (C=O) groups is 1. The summed E-state index contributed by atoms with van der Waals surface area (Å²) >= 11 is 6.22. The maximum atomic E-state index is 12.6. The smallest absolute Gasteiger partial charge is 0.251 e. The van der Waals surface area contributed by atoms with Gasteiger partial charge in [-0.15, -0.1) is 0 Å². The van der Waals surface area contributed by atoms with E-state index in [0.717, 1.165) is 17.1 Å². The Morgan fingerprint density at radius 2 is 1.81 bits per heavy atom. The van der Waals surface area contributed by atoms with Crippen LogP contribution in [0.2, 0.25) is 5.02 Å². The minimum atomic E-state index is -0.297. The first kappa shape index (κ1) is 17.8. The van der Waals surface area contributed by atoms with Crippen molar-refractivity contribution in [3.8, 4) is 23.0 Å². The molecule has 0 atom stereocenters. The van der Waals surface area contributed by atoms with Gasteiger partial charge in [0.2, 0.25) is 6.79 Å². The number of amides is 1. The number of hydrogen-bond donors (Lipinski definition) is 1. The average Bonchev–Trinajstić information content (AvgIpc) is 3.14. The molecule has 142 valence electrons. The van der Waals surface area contributed by atoms with Gasteiger partial charge < -0.3 is 24.3 Å². The predicted molar refractivity (Wildman–Crippen MR) is 100 cm³/mol. The molecule has 6 nitrogen and oxygen atoms in total. The molecule has 0 saturated heterocycles. The highest BCUT2D eigenvalue weighted by molar-refractivity contribution is 6.32. The normalized spacial score (nSPS) is 14.8. The average molecular weight is 390 g/mol. The quantitative estimate of drug-likeness (QED) is 0.866. The minimum absolute atomic E-state index is 0.220. The predicted octanol–water partition coefficient (Wildman–Crippen LogP) is 3.55. The van der Waals surface area contributed by atoms with Crippen LogP contribution in [0, 0.1) is 0 Å². The Hall–Kier alpha value is -2.60. The summed E-state index contributed by atoms with van der Waals surface area (Å²) in [6.07, 6.45) is 0. The summed E-state index contributed by atoms with van der Waals surface area (Å²) in [6, 6.07) is 9.08. The van der Waals surface area contributed by atoms with Crippen molar-refractivity contribution in [1.82, 2.24) is 5.32 Å². The number of fused-ring (bicyclic) bond motifs is 2. The number of nitrogens with one attached hydrogen (secondary N) is 1. The molecule has 2 aliphatic rings. The van der Waals surface area contributed by atoms with Crippen molar-refractivity contribution < 1.29 is 23.7 Å². The zero-order valence-electron chi connectivity index (χ0n) is 15.1. The number of halogens is 1. The van der Waals surface area contributed by atoms with Gasteiger partial charge in [0.05, 0.1) is 5.02 Å². The molecule has 0 saturated carbocycles. The van der Waals surface area contributed by atoms with Gasteiger partial charge in [0.25, 0.3) is 5.91 Å². The van der Waals surface area contributed by atoms with Gasteiger partial charge in [-0.2, -0.15) is 0 Å². The molecule has 1 N–H and O–H groups in total. The van der Waals surface area contributed by atoms with Crippen LogP contribution in [-0.2, 0) is 5.41 Å². The van der Waals surface area contributed by atoms with Gasteiger partial charge >= 0.3 is 0 Å². The third-order valence-corrected chi connectivity index (χ3v) is 4.98. The fourth-order valence-corrected chi connectivity index (χ4v) is 3.33. The van der Waals surface area contributed by atoms with E-state index in [1.54, 1.807) is 12.1 Å². The molecule has 2 heterocycles. The standard InChI is InChI=1S/C20H20ClNO5/c1-20(2,13-3-4-15-16(9-13)27-11-26-15)10-22-19(23)12-7-14(21)18-17(8-12)24-5-6-25-18/h3-4,7-9H,5-6,10-11H2,1-2H3,(H,22,23). The molecule has 2 aliphatic heterocycles. The van der Waals surface area contributed by atoms with Gasteiger partial charge in [0, 0.05) is 17.5 Å². The van der Waals surface area contributed by atoms with E-state index in [2.05, 4.69) is 19.2 Å². The van der Waals surface area contributed by atoms with Crippen molar-refractivity contribution in [1.29, 1.82) is 0 Å². The van der Waals surface area contributed by atoms with Crippen molar-refractivity contribution in [2.75, 3.05) is 26.6 Å². The van der Waals surface area contributed by atoms with E-state index in [4.69, 9.17) is 30.5 Å². The fraction of sp³-hybridized carbons (Fsp3) is 0.350. The lowest BCUT2D eigenvalue weighted by atomic mass is 9.84. The van der Waals surface area contributed by atoms with Crippen molar-refractivity contribution >= 4 is 17.5 Å². The summed E-state index contributed by atoms with van der Waals surface area (Å²) in [5.74, 6) is 2.23. The molecular weight excluding hydrogens is 370 g/mol. The Balaban J connectivity index is 1.48. The summed E-state index contributed by atoms with van der Waals surface area (Å²) < 4.78 is 21.8. The zero-order chi connectivity index (χ0) is 19.0. The van der Waals surface area contributed by atoms with Crippen molar-refractivity contribution in [2.45, 2.75) is 19.3 Å². The second-order valence-electron chi connectivity index (χ2n) is 7.12.